The largest absolute Gasteiger partial charge is 0.497 e. The van der Waals surface area contributed by atoms with Crippen LogP contribution in [0.4, 0.5) is 4.79 Å². The summed E-state index contributed by atoms with van der Waals surface area (Å²) in [5, 5.41) is 46.3. The fourth-order valence-electron chi connectivity index (χ4n) is 9.02. The first-order chi connectivity index (χ1) is 42.2. The highest BCUT2D eigenvalue weighted by Crippen LogP contribution is 2.46. The highest BCUT2D eigenvalue weighted by molar-refractivity contribution is 6.74. The number of carbonyl (C=O) groups is 5. The molecule has 0 spiro atoms. The number of esters is 2. The second kappa shape index (κ2) is 33.0. The molecule has 4 rings (SSSR count). The predicted octanol–water partition coefficient (Wildman–Crippen LogP) is 4.09. The van der Waals surface area contributed by atoms with Gasteiger partial charge in [0.05, 0.1) is 19.8 Å². The molecule has 10 atom stereocenters. The van der Waals surface area contributed by atoms with Crippen molar-refractivity contribution in [3.05, 3.63) is 109 Å². The van der Waals surface area contributed by atoms with Crippen LogP contribution in [0.2, 0.25) is 36.3 Å². The Balaban J connectivity index is 1.63. The van der Waals surface area contributed by atoms with Gasteiger partial charge in [0.15, 0.2) is 27.9 Å². The maximum atomic E-state index is 14.8. The lowest BCUT2D eigenvalue weighted by Gasteiger charge is -2.44. The van der Waals surface area contributed by atoms with Crippen molar-refractivity contribution in [1.29, 1.82) is 0 Å². The van der Waals surface area contributed by atoms with Gasteiger partial charge in [-0.25, -0.2) is 29.5 Å². The van der Waals surface area contributed by atoms with E-state index >= 15 is 0 Å². The van der Waals surface area contributed by atoms with E-state index in [2.05, 4.69) is 31.6 Å². The number of nitrogens with two attached hydrogens (primary N) is 1. The predicted molar refractivity (Wildman–Crippen MR) is 346 cm³/mol. The van der Waals surface area contributed by atoms with Crippen LogP contribution in [0.15, 0.2) is 81.4 Å². The fraction of sp³-hybridized carbons (Fsp3) is 0.639. The Kier molecular flexibility index (Phi) is 27.7. The molecule has 2 heterocycles. The van der Waals surface area contributed by atoms with Crippen LogP contribution < -0.4 is 53.7 Å². The molecule has 1 fully saturated rings. The number of nitro groups is 1. The first-order valence-corrected chi connectivity index (χ1v) is 36.3. The summed E-state index contributed by atoms with van der Waals surface area (Å²) in [4.78, 5) is 112. The van der Waals surface area contributed by atoms with Crippen molar-refractivity contribution in [2.75, 3.05) is 26.7 Å². The molecule has 30 heteroatoms. The Labute approximate surface area is 534 Å². The minimum Gasteiger partial charge on any atom is -0.497 e. The van der Waals surface area contributed by atoms with Crippen LogP contribution in [0.3, 0.4) is 0 Å². The van der Waals surface area contributed by atoms with Crippen LogP contribution in [-0.4, -0.2) is 164 Å². The number of aliphatic hydroxyl groups excluding tert-OH is 2. The second-order valence-corrected chi connectivity index (χ2v) is 36.6. The minimum atomic E-state index is -2.87. The molecule has 1 aromatic heterocycles. The Hall–Kier alpha value is -7.07. The van der Waals surface area contributed by atoms with Gasteiger partial charge in [0.25, 0.3) is 11.5 Å². The Morgan fingerprint density at radius 2 is 1.37 bits per heavy atom. The second-order valence-electron chi connectivity index (χ2n) is 27.0. The van der Waals surface area contributed by atoms with Gasteiger partial charge in [-0.2, -0.15) is 0 Å². The van der Waals surface area contributed by atoms with Gasteiger partial charge in [-0.3, -0.25) is 28.3 Å². The number of methoxy groups -OCH3 is 1. The van der Waals surface area contributed by atoms with E-state index in [-0.39, 0.29) is 52.0 Å². The number of benzene rings is 2. The third-order valence-corrected chi connectivity index (χ3v) is 25.1. The van der Waals surface area contributed by atoms with Crippen LogP contribution in [-0.2, 0) is 55.4 Å². The van der Waals surface area contributed by atoms with Gasteiger partial charge in [-0.05, 0) is 119 Å². The maximum absolute atomic E-state index is 14.8. The summed E-state index contributed by atoms with van der Waals surface area (Å²) in [5.74, 6) is -3.77. The van der Waals surface area contributed by atoms with Crippen molar-refractivity contribution in [1.82, 2.24) is 41.1 Å². The van der Waals surface area contributed by atoms with E-state index in [0.717, 1.165) is 4.57 Å². The van der Waals surface area contributed by atoms with Gasteiger partial charge in [0.1, 0.15) is 66.5 Å². The number of hydrogen-bond donors (Lipinski definition) is 9. The Morgan fingerprint density at radius 1 is 0.769 bits per heavy atom. The van der Waals surface area contributed by atoms with E-state index in [1.165, 1.54) is 30.9 Å². The van der Waals surface area contributed by atoms with E-state index < -0.39 is 151 Å². The highest BCUT2D eigenvalue weighted by atomic mass is 28.4. The van der Waals surface area contributed by atoms with E-state index in [9.17, 15) is 53.9 Å². The summed E-state index contributed by atoms with van der Waals surface area (Å²) in [6.07, 6.45) is -6.90. The van der Waals surface area contributed by atoms with Crippen LogP contribution in [0.1, 0.15) is 120 Å². The minimum absolute atomic E-state index is 0.0220. The molecular formula is C61H99N11O17Si2. The lowest BCUT2D eigenvalue weighted by molar-refractivity contribution is -0.525. The molecule has 0 bridgehead atoms. The molecule has 2 aromatic carbocycles. The molecule has 4 amide bonds. The number of ether oxygens (including phenoxy) is 4. The van der Waals surface area contributed by atoms with Gasteiger partial charge < -0.3 is 70.3 Å². The molecule has 28 nitrogen and oxygen atoms in total. The standard InChI is InChI=1S/C61H99N11O17Si2/c1-37(2)44(54(78)85-36-40-23-19-18-20-24-40)68-57(80)66-42(25-21-31-65-56(62)69-72(82)83)51(76)67-45(38(3)73)52(77)64-33-22-32-63-46(55(79)87-59(4,5)6)47(75)48-49(88-90(14,15)60(7,8)9)50(89-91(16,17)61(10,11)12)53(86-48)70-34-30-43(74)71(58(70)81)35-39-26-28-41(84-13)29-27-39/h18-20,23-24,26-30,34,37-38,42,44-50,53,63,73,75H,21-22,25,31-33,35-36H2,1-17H3,(H,64,77)(H,67,76)(H3,62,65,69)(H2,66,68,80)/t38?,42-,44-,45+,46-,47+,48?,49+,50+,53+/m0/s1. The summed E-state index contributed by atoms with van der Waals surface area (Å²) in [7, 11) is -4.18. The molecule has 508 valence electrons. The zero-order valence-corrected chi connectivity index (χ0v) is 57.7. The molecule has 3 aromatic rings. The number of nitrogens with zero attached hydrogens (tertiary/aromatic N) is 4. The average molecular weight is 1310 g/mol. The number of nitrogens with one attached hydrogen (secondary N) is 6. The molecular weight excluding hydrogens is 1210 g/mol. The van der Waals surface area contributed by atoms with Gasteiger partial charge in [0, 0.05) is 25.4 Å². The lowest BCUT2D eigenvalue weighted by Crippen LogP contribution is -2.59. The van der Waals surface area contributed by atoms with E-state index in [1.54, 1.807) is 94.6 Å². The third kappa shape index (κ3) is 22.6. The molecule has 1 aliphatic rings. The Morgan fingerprint density at radius 3 is 1.92 bits per heavy atom. The van der Waals surface area contributed by atoms with Gasteiger partial charge in [-0.1, -0.05) is 103 Å². The fourth-order valence-corrected chi connectivity index (χ4v) is 11.6. The highest BCUT2D eigenvalue weighted by Gasteiger charge is 2.58. The van der Waals surface area contributed by atoms with Crippen molar-refractivity contribution in [3.63, 3.8) is 0 Å². The number of aliphatic hydroxyl groups is 2. The SMILES string of the molecule is COc1ccc(Cn2c(=O)ccn([C@@H]3OC([C@H](O)[C@H](NCCCNC(=O)[C@H](NC(=O)[C@H](CCCN=C(N)N[N+](=O)[O-])NC(=O)N[C@H](C(=O)OCc4ccccc4)C(C)C)C(C)O)C(=O)OC(C)(C)C)[C@@H](O[Si](C)(C)C(C)(C)C)[C@H]3O[Si](C)(C)C(C)(C)C)c2=O)cc1. The zero-order chi connectivity index (χ0) is 68.6. The van der Waals surface area contributed by atoms with Crippen molar-refractivity contribution < 1.29 is 67.0 Å². The van der Waals surface area contributed by atoms with Gasteiger partial charge >= 0.3 is 23.7 Å². The van der Waals surface area contributed by atoms with Gasteiger partial charge in [0.2, 0.25) is 11.8 Å². The average Bonchev–Trinajstić information content (AvgIpc) is 1.62. The van der Waals surface area contributed by atoms with E-state index in [0.29, 0.717) is 16.9 Å². The molecule has 0 saturated carbocycles. The third-order valence-electron chi connectivity index (χ3n) is 16.2. The maximum Gasteiger partial charge on any atom is 0.333 e. The topological polar surface area (TPSA) is 379 Å². The van der Waals surface area contributed by atoms with E-state index in [1.807, 2.05) is 67.7 Å². The number of aliphatic imine (C=N–C) groups is 1. The number of hydrazine groups is 1. The summed E-state index contributed by atoms with van der Waals surface area (Å²) in [6.45, 7) is 29.5. The summed E-state index contributed by atoms with van der Waals surface area (Å²) >= 11 is 0. The van der Waals surface area contributed by atoms with Crippen molar-refractivity contribution in [2.24, 2.45) is 16.6 Å². The van der Waals surface area contributed by atoms with Crippen LogP contribution in [0.5, 0.6) is 5.75 Å². The van der Waals surface area contributed by atoms with Crippen LogP contribution in [0.25, 0.3) is 0 Å². The first-order valence-electron chi connectivity index (χ1n) is 30.5. The molecule has 1 saturated heterocycles. The number of carbonyl (C=O) groups excluding carboxylic acids is 5. The number of urea groups is 1. The quantitative estimate of drug-likeness (QED) is 0.00833. The smallest absolute Gasteiger partial charge is 0.333 e. The number of amides is 4. The monoisotopic (exact) mass is 1310 g/mol. The molecule has 2 unspecified atom stereocenters. The molecule has 0 radical (unpaired) electrons. The normalized spacial score (nSPS) is 18.6. The lowest BCUT2D eigenvalue weighted by atomic mass is 9.99. The number of hydrogen-bond acceptors (Lipinski definition) is 19. The molecule has 0 aliphatic carbocycles. The molecule has 10 N–H and O–H groups in total. The Bertz CT molecular complexity index is 3070. The zero-order valence-electron chi connectivity index (χ0n) is 55.7. The van der Waals surface area contributed by atoms with Crippen molar-refractivity contribution in [3.8, 4) is 5.75 Å². The molecule has 91 heavy (non-hydrogen) atoms. The first kappa shape index (κ1) is 76.4. The van der Waals surface area contributed by atoms with Crippen LogP contribution in [0, 0.1) is 16.0 Å². The molecule has 1 aliphatic heterocycles. The summed E-state index contributed by atoms with van der Waals surface area (Å²) in [5.41, 5.74) is 6.27. The van der Waals surface area contributed by atoms with E-state index in [4.69, 9.17) is 33.5 Å². The summed E-state index contributed by atoms with van der Waals surface area (Å²) in [6, 6.07) is 10.4. The van der Waals surface area contributed by atoms with Gasteiger partial charge in [-0.15, -0.1) is 0 Å². The summed E-state index contributed by atoms with van der Waals surface area (Å²) < 4.78 is 40.4. The number of aromatic nitrogens is 2. The number of guanidine groups is 1. The van der Waals surface area contributed by atoms with Crippen molar-refractivity contribution in [2.45, 2.75) is 218 Å². The van der Waals surface area contributed by atoms with Crippen molar-refractivity contribution >= 4 is 52.4 Å². The van der Waals surface area contributed by atoms with Crippen LogP contribution >= 0.6 is 0 Å². The number of rotatable bonds is 31.